The van der Waals surface area contributed by atoms with Crippen LogP contribution in [0.2, 0.25) is 0 Å². The Hall–Kier alpha value is -3.79. The first-order valence-electron chi connectivity index (χ1n) is 9.72. The van der Waals surface area contributed by atoms with E-state index < -0.39 is 0 Å². The van der Waals surface area contributed by atoms with Crippen molar-refractivity contribution in [2.45, 2.75) is 33.7 Å². The Morgan fingerprint density at radius 1 is 1.10 bits per heavy atom. The molecule has 150 valence electrons. The maximum atomic E-state index is 12.4. The number of nitrogens with zero attached hydrogens (tertiary/aromatic N) is 5. The van der Waals surface area contributed by atoms with Gasteiger partial charge in [-0.2, -0.15) is 10.4 Å². The molecule has 0 aliphatic rings. The highest BCUT2D eigenvalue weighted by Crippen LogP contribution is 2.30. The third-order valence-corrected chi connectivity index (χ3v) is 5.64. The zero-order chi connectivity index (χ0) is 21.6. The predicted molar refractivity (Wildman–Crippen MR) is 117 cm³/mol. The molecule has 1 N–H and O–H groups in total. The Bertz CT molecular complexity index is 1410. The van der Waals surface area contributed by atoms with Crippen LogP contribution in [0.4, 0.5) is 5.82 Å². The molecule has 0 aliphatic heterocycles. The van der Waals surface area contributed by atoms with E-state index in [2.05, 4.69) is 26.6 Å². The van der Waals surface area contributed by atoms with Crippen LogP contribution >= 0.6 is 0 Å². The van der Waals surface area contributed by atoms with Gasteiger partial charge in [-0.25, -0.2) is 4.98 Å². The molecule has 0 saturated heterocycles. The largest absolute Gasteiger partial charge is 0.362 e. The number of fused-ring (bicyclic) bond motifs is 2. The van der Waals surface area contributed by atoms with Gasteiger partial charge >= 0.3 is 0 Å². The van der Waals surface area contributed by atoms with Crippen LogP contribution in [0.1, 0.15) is 41.0 Å². The van der Waals surface area contributed by atoms with Crippen LogP contribution in [-0.4, -0.2) is 19.7 Å². The van der Waals surface area contributed by atoms with Crippen molar-refractivity contribution in [3.8, 4) is 6.07 Å². The van der Waals surface area contributed by atoms with E-state index in [1.807, 2.05) is 51.1 Å². The van der Waals surface area contributed by atoms with Crippen LogP contribution < -0.4 is 10.9 Å². The number of aromatic nitrogens is 4. The van der Waals surface area contributed by atoms with Gasteiger partial charge in [-0.15, -0.1) is 5.10 Å². The minimum atomic E-state index is -0.118. The van der Waals surface area contributed by atoms with E-state index in [1.54, 1.807) is 18.5 Å². The summed E-state index contributed by atoms with van der Waals surface area (Å²) in [6, 6.07) is 11.7. The van der Waals surface area contributed by atoms with E-state index in [4.69, 9.17) is 0 Å². The number of hydrogen-bond acceptors (Lipinski definition) is 6. The molecular weight excluding hydrogens is 376 g/mol. The molecule has 0 aliphatic carbocycles. The Morgan fingerprint density at radius 3 is 2.60 bits per heavy atom. The van der Waals surface area contributed by atoms with Gasteiger partial charge in [0.2, 0.25) is 0 Å². The predicted octanol–water partition coefficient (Wildman–Crippen LogP) is 3.85. The molecule has 0 amide bonds. The second-order valence-electron chi connectivity index (χ2n) is 7.58. The molecule has 0 bridgehead atoms. The standard InChI is InChI=1S/C23H22N6O/c1-12-16(11-24)7-6-8-17(12)13(2)26-22-19-10-21-20(9-18(19)14(3)27-28-22)25-15(4)23(30)29(21)5/h6-10,13H,1-5H3,(H,26,28)/t13-/m1/s1. The Morgan fingerprint density at radius 2 is 1.87 bits per heavy atom. The quantitative estimate of drug-likeness (QED) is 0.527. The van der Waals surface area contributed by atoms with E-state index in [-0.39, 0.29) is 11.6 Å². The van der Waals surface area contributed by atoms with Crippen molar-refractivity contribution < 1.29 is 0 Å². The van der Waals surface area contributed by atoms with Crippen molar-refractivity contribution in [3.05, 3.63) is 68.8 Å². The second kappa shape index (κ2) is 7.23. The zero-order valence-electron chi connectivity index (χ0n) is 17.6. The first-order valence-corrected chi connectivity index (χ1v) is 9.72. The number of nitrogens with one attached hydrogen (secondary N) is 1. The van der Waals surface area contributed by atoms with Crippen LogP contribution in [-0.2, 0) is 7.05 Å². The van der Waals surface area contributed by atoms with Crippen LogP contribution in [0.3, 0.4) is 0 Å². The minimum absolute atomic E-state index is 0.0887. The van der Waals surface area contributed by atoms with Crippen molar-refractivity contribution in [3.63, 3.8) is 0 Å². The molecule has 7 heteroatoms. The fourth-order valence-electron chi connectivity index (χ4n) is 3.88. The average molecular weight is 398 g/mol. The van der Waals surface area contributed by atoms with E-state index in [1.165, 1.54) is 0 Å². The SMILES string of the molecule is Cc1c(C#N)cccc1[C@@H](C)Nc1nnc(C)c2cc3nc(C)c(=O)n(C)c3cc12. The fraction of sp³-hybridized carbons (Fsp3) is 0.261. The zero-order valence-corrected chi connectivity index (χ0v) is 17.6. The maximum Gasteiger partial charge on any atom is 0.272 e. The smallest absolute Gasteiger partial charge is 0.272 e. The average Bonchev–Trinajstić information content (AvgIpc) is 2.73. The molecule has 0 saturated carbocycles. The maximum absolute atomic E-state index is 12.4. The summed E-state index contributed by atoms with van der Waals surface area (Å²) in [4.78, 5) is 16.8. The summed E-state index contributed by atoms with van der Waals surface area (Å²) < 4.78 is 1.61. The van der Waals surface area contributed by atoms with Crippen LogP contribution in [0, 0.1) is 32.1 Å². The topological polar surface area (TPSA) is 96.5 Å². The molecule has 7 nitrogen and oxygen atoms in total. The highest BCUT2D eigenvalue weighted by molar-refractivity contribution is 6.01. The fourth-order valence-corrected chi connectivity index (χ4v) is 3.88. The van der Waals surface area contributed by atoms with Crippen LogP contribution in [0.25, 0.3) is 21.8 Å². The lowest BCUT2D eigenvalue weighted by Crippen LogP contribution is -2.21. The van der Waals surface area contributed by atoms with Gasteiger partial charge in [0.05, 0.1) is 34.4 Å². The van der Waals surface area contributed by atoms with Crippen molar-refractivity contribution >= 4 is 27.6 Å². The third-order valence-electron chi connectivity index (χ3n) is 5.64. The van der Waals surface area contributed by atoms with Crippen LogP contribution in [0.5, 0.6) is 0 Å². The van der Waals surface area contributed by atoms with E-state index in [0.717, 1.165) is 38.6 Å². The highest BCUT2D eigenvalue weighted by atomic mass is 16.1. The van der Waals surface area contributed by atoms with Crippen molar-refractivity contribution in [2.75, 3.05) is 5.32 Å². The molecule has 0 radical (unpaired) electrons. The number of rotatable bonds is 3. The molecular formula is C23H22N6O. The summed E-state index contributed by atoms with van der Waals surface area (Å²) in [5.74, 6) is 0.625. The van der Waals surface area contributed by atoms with E-state index in [0.29, 0.717) is 17.1 Å². The van der Waals surface area contributed by atoms with Gasteiger partial charge < -0.3 is 9.88 Å². The number of nitriles is 1. The van der Waals surface area contributed by atoms with Gasteiger partial charge in [-0.3, -0.25) is 4.79 Å². The van der Waals surface area contributed by atoms with Gasteiger partial charge in [0.1, 0.15) is 5.69 Å². The molecule has 0 spiro atoms. The molecule has 0 fully saturated rings. The van der Waals surface area contributed by atoms with Crippen LogP contribution in [0.15, 0.2) is 35.1 Å². The molecule has 2 aromatic carbocycles. The Kier molecular flexibility index (Phi) is 4.70. The number of anilines is 1. The molecule has 30 heavy (non-hydrogen) atoms. The van der Waals surface area contributed by atoms with Gasteiger partial charge in [-0.05, 0) is 57.0 Å². The van der Waals surface area contributed by atoms with Gasteiger partial charge in [0, 0.05) is 17.8 Å². The second-order valence-corrected chi connectivity index (χ2v) is 7.58. The van der Waals surface area contributed by atoms with Crippen molar-refractivity contribution in [1.82, 2.24) is 19.7 Å². The van der Waals surface area contributed by atoms with Gasteiger partial charge in [-0.1, -0.05) is 12.1 Å². The highest BCUT2D eigenvalue weighted by Gasteiger charge is 2.16. The number of hydrogen-bond donors (Lipinski definition) is 1. The molecule has 2 heterocycles. The summed E-state index contributed by atoms with van der Waals surface area (Å²) in [6.45, 7) is 7.60. The molecule has 2 aromatic heterocycles. The lowest BCUT2D eigenvalue weighted by molar-refractivity contribution is 0.852. The summed E-state index contributed by atoms with van der Waals surface area (Å²) in [5, 5.41) is 23.3. The minimum Gasteiger partial charge on any atom is -0.362 e. The molecule has 0 unspecified atom stereocenters. The van der Waals surface area contributed by atoms with Crippen molar-refractivity contribution in [1.29, 1.82) is 5.26 Å². The lowest BCUT2D eigenvalue weighted by Gasteiger charge is -2.19. The number of benzene rings is 2. The first kappa shape index (κ1) is 19.5. The Balaban J connectivity index is 1.88. The van der Waals surface area contributed by atoms with Crippen molar-refractivity contribution in [2.24, 2.45) is 7.05 Å². The monoisotopic (exact) mass is 398 g/mol. The Labute approximate surface area is 174 Å². The normalized spacial score (nSPS) is 12.1. The summed E-state index contributed by atoms with van der Waals surface area (Å²) in [7, 11) is 1.75. The molecule has 4 rings (SSSR count). The van der Waals surface area contributed by atoms with Gasteiger partial charge in [0.25, 0.3) is 5.56 Å². The van der Waals surface area contributed by atoms with Gasteiger partial charge in [0.15, 0.2) is 5.82 Å². The molecule has 1 atom stereocenters. The first-order chi connectivity index (χ1) is 14.3. The van der Waals surface area contributed by atoms with E-state index >= 15 is 0 Å². The summed E-state index contributed by atoms with van der Waals surface area (Å²) >= 11 is 0. The third kappa shape index (κ3) is 3.07. The lowest BCUT2D eigenvalue weighted by atomic mass is 9.98. The molecule has 4 aromatic rings. The summed E-state index contributed by atoms with van der Waals surface area (Å²) in [6.07, 6.45) is 0. The summed E-state index contributed by atoms with van der Waals surface area (Å²) in [5.41, 5.74) is 5.24. The number of aryl methyl sites for hydroxylation is 3. The van der Waals surface area contributed by atoms with E-state index in [9.17, 15) is 10.1 Å².